The van der Waals surface area contributed by atoms with E-state index in [0.29, 0.717) is 29.1 Å². The number of fused-ring (bicyclic) bond motifs is 1. The molecule has 1 aliphatic heterocycles. The molecule has 0 bridgehead atoms. The lowest BCUT2D eigenvalue weighted by atomic mass is 10.1. The summed E-state index contributed by atoms with van der Waals surface area (Å²) in [5, 5.41) is 6.70. The monoisotopic (exact) mass is 370 g/mol. The average Bonchev–Trinajstić information content (AvgIpc) is 3.18. The van der Waals surface area contributed by atoms with Gasteiger partial charge in [0.25, 0.3) is 0 Å². The number of methoxy groups -OCH3 is 2. The van der Waals surface area contributed by atoms with Crippen molar-refractivity contribution in [2.24, 2.45) is 0 Å². The van der Waals surface area contributed by atoms with E-state index in [9.17, 15) is 0 Å². The van der Waals surface area contributed by atoms with Crippen LogP contribution in [0.5, 0.6) is 11.5 Å². The third-order valence-electron chi connectivity index (χ3n) is 4.50. The van der Waals surface area contributed by atoms with E-state index in [1.165, 1.54) is 0 Å². The number of nitrogens with zero attached hydrogens (tertiary/aromatic N) is 3. The number of aromatic amines is 1. The summed E-state index contributed by atoms with van der Waals surface area (Å²) in [7, 11) is 3.22. The second kappa shape index (κ2) is 7.67. The van der Waals surface area contributed by atoms with Gasteiger partial charge in [-0.05, 0) is 25.0 Å². The molecule has 1 aliphatic rings. The number of anilines is 3. The van der Waals surface area contributed by atoms with E-state index in [2.05, 4.69) is 30.6 Å². The van der Waals surface area contributed by atoms with Gasteiger partial charge in [0, 0.05) is 25.3 Å². The lowest BCUT2D eigenvalue weighted by molar-refractivity contribution is 0.0904. The highest BCUT2D eigenvalue weighted by atomic mass is 16.5. The Labute approximate surface area is 156 Å². The Morgan fingerprint density at radius 1 is 1.15 bits per heavy atom. The number of hydrogen-bond donors (Lipinski definition) is 3. The van der Waals surface area contributed by atoms with Crippen LogP contribution in [0.3, 0.4) is 0 Å². The molecule has 9 nitrogen and oxygen atoms in total. The van der Waals surface area contributed by atoms with Gasteiger partial charge in [0.05, 0.1) is 26.2 Å². The van der Waals surface area contributed by atoms with Crippen molar-refractivity contribution >= 4 is 28.6 Å². The first-order chi connectivity index (χ1) is 13.3. The van der Waals surface area contributed by atoms with Crippen molar-refractivity contribution in [3.05, 3.63) is 24.5 Å². The Morgan fingerprint density at radius 2 is 2.00 bits per heavy atom. The zero-order valence-electron chi connectivity index (χ0n) is 15.3. The number of hydrogen-bond acceptors (Lipinski definition) is 8. The molecular weight excluding hydrogens is 348 g/mol. The number of H-pyrrole nitrogens is 1. The Morgan fingerprint density at radius 3 is 2.78 bits per heavy atom. The van der Waals surface area contributed by atoms with E-state index in [4.69, 9.17) is 14.2 Å². The molecule has 0 spiro atoms. The summed E-state index contributed by atoms with van der Waals surface area (Å²) in [4.78, 5) is 16.5. The number of nitrogens with one attached hydrogen (secondary N) is 3. The van der Waals surface area contributed by atoms with Gasteiger partial charge in [0.1, 0.15) is 17.0 Å². The maximum Gasteiger partial charge on any atom is 0.231 e. The van der Waals surface area contributed by atoms with Crippen LogP contribution < -0.4 is 20.1 Å². The molecule has 1 aromatic carbocycles. The second-order valence-corrected chi connectivity index (χ2v) is 6.22. The first-order valence-electron chi connectivity index (χ1n) is 8.81. The lowest BCUT2D eigenvalue weighted by Gasteiger charge is -2.24. The van der Waals surface area contributed by atoms with Crippen LogP contribution in [0.1, 0.15) is 12.8 Å². The quantitative estimate of drug-likeness (QED) is 0.608. The number of benzene rings is 1. The molecule has 0 aliphatic carbocycles. The molecule has 0 unspecified atom stereocenters. The molecule has 0 amide bonds. The van der Waals surface area contributed by atoms with E-state index in [-0.39, 0.29) is 0 Å². The van der Waals surface area contributed by atoms with Crippen molar-refractivity contribution in [1.29, 1.82) is 0 Å². The molecule has 3 aromatic rings. The van der Waals surface area contributed by atoms with Crippen molar-refractivity contribution in [3.63, 3.8) is 0 Å². The molecule has 0 atom stereocenters. The van der Waals surface area contributed by atoms with Gasteiger partial charge in [-0.2, -0.15) is 9.97 Å². The molecule has 3 N–H and O–H groups in total. The van der Waals surface area contributed by atoms with E-state index in [0.717, 1.165) is 43.1 Å². The van der Waals surface area contributed by atoms with Crippen LogP contribution in [0.15, 0.2) is 24.5 Å². The maximum absolute atomic E-state index is 5.43. The van der Waals surface area contributed by atoms with Gasteiger partial charge in [-0.1, -0.05) is 0 Å². The fraction of sp³-hybridized carbons (Fsp3) is 0.389. The molecule has 4 rings (SSSR count). The number of rotatable bonds is 6. The van der Waals surface area contributed by atoms with Crippen molar-refractivity contribution in [2.45, 2.75) is 18.9 Å². The first kappa shape index (κ1) is 17.3. The zero-order chi connectivity index (χ0) is 18.6. The predicted molar refractivity (Wildman–Crippen MR) is 102 cm³/mol. The first-order valence-corrected chi connectivity index (χ1v) is 8.81. The SMILES string of the molecule is COc1ccc(Nc2nc(NC3CCOCC3)c3[nH]cnc3n2)c(OC)c1. The summed E-state index contributed by atoms with van der Waals surface area (Å²) in [6.07, 6.45) is 3.50. The molecule has 1 saturated heterocycles. The number of ether oxygens (including phenoxy) is 3. The normalized spacial score (nSPS) is 14.9. The molecule has 9 heteroatoms. The Bertz CT molecular complexity index is 923. The summed E-state index contributed by atoms with van der Waals surface area (Å²) in [5.74, 6) is 2.51. The second-order valence-electron chi connectivity index (χ2n) is 6.22. The molecule has 1 fully saturated rings. The van der Waals surface area contributed by atoms with Gasteiger partial charge in [0.15, 0.2) is 11.5 Å². The van der Waals surface area contributed by atoms with Crippen LogP contribution in [-0.2, 0) is 4.74 Å². The molecule has 0 saturated carbocycles. The van der Waals surface area contributed by atoms with Crippen LogP contribution in [-0.4, -0.2) is 53.4 Å². The lowest BCUT2D eigenvalue weighted by Crippen LogP contribution is -2.28. The van der Waals surface area contributed by atoms with Gasteiger partial charge < -0.3 is 29.8 Å². The van der Waals surface area contributed by atoms with E-state index < -0.39 is 0 Å². The zero-order valence-corrected chi connectivity index (χ0v) is 15.3. The molecule has 3 heterocycles. The van der Waals surface area contributed by atoms with E-state index in [1.807, 2.05) is 12.1 Å². The topological polar surface area (TPSA) is 106 Å². The van der Waals surface area contributed by atoms with Crippen molar-refractivity contribution in [3.8, 4) is 11.5 Å². The van der Waals surface area contributed by atoms with Gasteiger partial charge >= 0.3 is 0 Å². The number of aromatic nitrogens is 4. The largest absolute Gasteiger partial charge is 0.497 e. The third-order valence-corrected chi connectivity index (χ3v) is 4.50. The molecule has 0 radical (unpaired) electrons. The van der Waals surface area contributed by atoms with Gasteiger partial charge in [-0.15, -0.1) is 0 Å². The molecule has 2 aromatic heterocycles. The van der Waals surface area contributed by atoms with E-state index in [1.54, 1.807) is 26.6 Å². The minimum Gasteiger partial charge on any atom is -0.497 e. The standard InChI is InChI=1S/C18H22N6O3/c1-25-12-3-4-13(14(9-12)26-2)22-18-23-16-15(19-10-20-16)17(24-18)21-11-5-7-27-8-6-11/h3-4,9-11H,5-8H2,1-2H3,(H3,19,20,21,22,23,24). The van der Waals surface area contributed by atoms with Crippen molar-refractivity contribution < 1.29 is 14.2 Å². The molecule has 27 heavy (non-hydrogen) atoms. The van der Waals surface area contributed by atoms with Crippen molar-refractivity contribution in [2.75, 3.05) is 38.1 Å². The fourth-order valence-electron chi connectivity index (χ4n) is 3.05. The van der Waals surface area contributed by atoms with Crippen molar-refractivity contribution in [1.82, 2.24) is 19.9 Å². The molecular formula is C18H22N6O3. The van der Waals surface area contributed by atoms with Gasteiger partial charge in [0.2, 0.25) is 5.95 Å². The highest BCUT2D eigenvalue weighted by Gasteiger charge is 2.18. The summed E-state index contributed by atoms with van der Waals surface area (Å²) < 4.78 is 16.1. The summed E-state index contributed by atoms with van der Waals surface area (Å²) in [6.45, 7) is 1.51. The highest BCUT2D eigenvalue weighted by Crippen LogP contribution is 2.31. The van der Waals surface area contributed by atoms with Gasteiger partial charge in [-0.25, -0.2) is 4.98 Å². The maximum atomic E-state index is 5.43. The number of imidazole rings is 1. The van der Waals surface area contributed by atoms with E-state index >= 15 is 0 Å². The third kappa shape index (κ3) is 3.72. The van der Waals surface area contributed by atoms with Crippen LogP contribution in [0, 0.1) is 0 Å². The summed E-state index contributed by atoms with van der Waals surface area (Å²) in [6, 6.07) is 5.82. The van der Waals surface area contributed by atoms with Gasteiger partial charge in [-0.3, -0.25) is 0 Å². The average molecular weight is 370 g/mol. The molecule has 142 valence electrons. The Hall–Kier alpha value is -3.07. The fourth-order valence-corrected chi connectivity index (χ4v) is 3.05. The minimum absolute atomic E-state index is 0.309. The smallest absolute Gasteiger partial charge is 0.231 e. The Kier molecular flexibility index (Phi) is 4.93. The minimum atomic E-state index is 0.309. The summed E-state index contributed by atoms with van der Waals surface area (Å²) >= 11 is 0. The van der Waals surface area contributed by atoms with Crippen LogP contribution in [0.25, 0.3) is 11.2 Å². The predicted octanol–water partition coefficient (Wildman–Crippen LogP) is 2.70. The summed E-state index contributed by atoms with van der Waals surface area (Å²) in [5.41, 5.74) is 2.12. The van der Waals surface area contributed by atoms with Crippen LogP contribution >= 0.6 is 0 Å². The van der Waals surface area contributed by atoms with Crippen LogP contribution in [0.4, 0.5) is 17.5 Å². The van der Waals surface area contributed by atoms with Crippen LogP contribution in [0.2, 0.25) is 0 Å². The Balaban J connectivity index is 1.64. The highest BCUT2D eigenvalue weighted by molar-refractivity contribution is 5.84.